The van der Waals surface area contributed by atoms with Crippen LogP contribution in [-0.2, 0) is 21.1 Å². The Morgan fingerprint density at radius 2 is 2.15 bits per heavy atom. The fourth-order valence-electron chi connectivity index (χ4n) is 2.50. The van der Waals surface area contributed by atoms with Gasteiger partial charge in [0.2, 0.25) is 0 Å². The van der Waals surface area contributed by atoms with E-state index in [2.05, 4.69) is 10.1 Å². The number of ether oxygens (including phenoxy) is 1. The Hall–Kier alpha value is -2.30. The molecule has 144 valence electrons. The minimum atomic E-state index is -3.33. The van der Waals surface area contributed by atoms with Gasteiger partial charge in [0.1, 0.15) is 5.76 Å². The summed E-state index contributed by atoms with van der Waals surface area (Å²) < 4.78 is 36.6. The third kappa shape index (κ3) is 4.34. The Kier molecular flexibility index (Phi) is 5.59. The van der Waals surface area contributed by atoms with Crippen LogP contribution >= 0.6 is 11.3 Å². The molecule has 10 heteroatoms. The molecule has 27 heavy (non-hydrogen) atoms. The molecule has 0 atom stereocenters. The first kappa shape index (κ1) is 19.5. The number of hydrogen-bond donors (Lipinski definition) is 0. The number of rotatable bonds is 6. The predicted octanol–water partition coefficient (Wildman–Crippen LogP) is 2.18. The number of nitrogens with zero attached hydrogens (tertiary/aromatic N) is 3. The van der Waals surface area contributed by atoms with Gasteiger partial charge in [-0.05, 0) is 32.0 Å². The van der Waals surface area contributed by atoms with E-state index < -0.39 is 15.7 Å². The first-order chi connectivity index (χ1) is 12.8. The highest BCUT2D eigenvalue weighted by Crippen LogP contribution is 2.22. The Balaban J connectivity index is 2.12. The number of sulfone groups is 1. The van der Waals surface area contributed by atoms with Gasteiger partial charge in [-0.25, -0.2) is 8.42 Å². The van der Waals surface area contributed by atoms with Crippen molar-refractivity contribution in [2.45, 2.75) is 25.3 Å². The van der Waals surface area contributed by atoms with Crippen LogP contribution in [0.25, 0.3) is 10.2 Å². The van der Waals surface area contributed by atoms with E-state index in [1.165, 1.54) is 17.4 Å². The molecule has 0 N–H and O–H groups in total. The fourth-order valence-corrected chi connectivity index (χ4v) is 4.31. The molecule has 8 nitrogen and oxygen atoms in total. The van der Waals surface area contributed by atoms with Crippen LogP contribution < -0.4 is 4.80 Å². The highest BCUT2D eigenvalue weighted by Gasteiger charge is 2.14. The summed E-state index contributed by atoms with van der Waals surface area (Å²) in [6, 6.07) is 6.38. The molecule has 0 saturated heterocycles. The summed E-state index contributed by atoms with van der Waals surface area (Å²) in [6.45, 7) is 5.09. The number of fused-ring (bicyclic) bond motifs is 1. The normalized spacial score (nSPS) is 12.8. The molecule has 2 aromatic heterocycles. The van der Waals surface area contributed by atoms with Crippen LogP contribution in [0.2, 0.25) is 0 Å². The number of thiazole rings is 1. The first-order valence-electron chi connectivity index (χ1n) is 8.23. The van der Waals surface area contributed by atoms with Gasteiger partial charge in [-0.2, -0.15) is 4.99 Å². The molecule has 0 spiro atoms. The van der Waals surface area contributed by atoms with Crippen LogP contribution in [0, 0.1) is 6.92 Å². The standard InChI is InChI=1S/C17H19N3O5S2/c1-4-24-8-7-20-14-6-5-12(27(3,22)23)10-15(14)26-17(20)18-16(21)13-9-11(2)25-19-13/h5-6,9-10H,4,7-8H2,1-3H3. The number of benzene rings is 1. The molecule has 0 unspecified atom stereocenters. The smallest absolute Gasteiger partial charge is 0.301 e. The molecule has 0 fully saturated rings. The van der Waals surface area contributed by atoms with Crippen molar-refractivity contribution in [3.05, 3.63) is 40.5 Å². The third-order valence-electron chi connectivity index (χ3n) is 3.79. The van der Waals surface area contributed by atoms with Gasteiger partial charge >= 0.3 is 5.91 Å². The summed E-state index contributed by atoms with van der Waals surface area (Å²) in [5.74, 6) is -0.00110. The maximum atomic E-state index is 12.4. The number of carbonyl (C=O) groups excluding carboxylic acids is 1. The lowest BCUT2D eigenvalue weighted by Crippen LogP contribution is -2.19. The summed E-state index contributed by atoms with van der Waals surface area (Å²) in [4.78, 5) is 17.2. The molecule has 1 amide bonds. The van der Waals surface area contributed by atoms with Crippen molar-refractivity contribution in [2.24, 2.45) is 4.99 Å². The SMILES string of the molecule is CCOCCn1c(=NC(=O)c2cc(C)on2)sc2cc(S(C)(=O)=O)ccc21. The van der Waals surface area contributed by atoms with Gasteiger partial charge in [0, 0.05) is 25.5 Å². The van der Waals surface area contributed by atoms with Crippen molar-refractivity contribution in [1.29, 1.82) is 0 Å². The van der Waals surface area contributed by atoms with Crippen LogP contribution in [0.4, 0.5) is 0 Å². The molecular formula is C17H19N3O5S2. The van der Waals surface area contributed by atoms with Crippen LogP contribution in [0.1, 0.15) is 23.2 Å². The zero-order chi connectivity index (χ0) is 19.6. The van der Waals surface area contributed by atoms with Crippen molar-refractivity contribution in [2.75, 3.05) is 19.5 Å². The molecular weight excluding hydrogens is 390 g/mol. The number of aryl methyl sites for hydroxylation is 1. The van der Waals surface area contributed by atoms with E-state index >= 15 is 0 Å². The topological polar surface area (TPSA) is 104 Å². The van der Waals surface area contributed by atoms with Crippen molar-refractivity contribution in [1.82, 2.24) is 9.72 Å². The van der Waals surface area contributed by atoms with Gasteiger partial charge in [-0.15, -0.1) is 0 Å². The summed E-state index contributed by atoms with van der Waals surface area (Å²) in [6.07, 6.45) is 1.16. The molecule has 3 rings (SSSR count). The van der Waals surface area contributed by atoms with Gasteiger partial charge in [0.25, 0.3) is 0 Å². The molecule has 3 aromatic rings. The lowest BCUT2D eigenvalue weighted by Gasteiger charge is -2.05. The molecule has 1 aromatic carbocycles. The van der Waals surface area contributed by atoms with Crippen molar-refractivity contribution in [3.8, 4) is 0 Å². The Morgan fingerprint density at radius 3 is 2.78 bits per heavy atom. The summed E-state index contributed by atoms with van der Waals surface area (Å²) in [5.41, 5.74) is 0.910. The largest absolute Gasteiger partial charge is 0.380 e. The average Bonchev–Trinajstić information content (AvgIpc) is 3.18. The zero-order valence-corrected chi connectivity index (χ0v) is 16.8. The maximum absolute atomic E-state index is 12.4. The second-order valence-corrected chi connectivity index (χ2v) is 8.90. The number of amides is 1. The molecule has 0 aliphatic heterocycles. The van der Waals surface area contributed by atoms with Gasteiger partial charge < -0.3 is 13.8 Å². The number of aromatic nitrogens is 2. The molecule has 0 bridgehead atoms. The molecule has 0 aliphatic rings. The second-order valence-electron chi connectivity index (χ2n) is 5.87. The fraction of sp³-hybridized carbons (Fsp3) is 0.353. The quantitative estimate of drug-likeness (QED) is 0.578. The third-order valence-corrected chi connectivity index (χ3v) is 5.94. The van der Waals surface area contributed by atoms with E-state index in [0.717, 1.165) is 16.5 Å². The van der Waals surface area contributed by atoms with E-state index in [1.54, 1.807) is 25.1 Å². The minimum absolute atomic E-state index is 0.123. The van der Waals surface area contributed by atoms with E-state index in [4.69, 9.17) is 9.26 Å². The number of carbonyl (C=O) groups is 1. The van der Waals surface area contributed by atoms with Gasteiger partial charge in [0.05, 0.1) is 21.7 Å². The Bertz CT molecular complexity index is 1150. The minimum Gasteiger partial charge on any atom is -0.380 e. The summed E-state index contributed by atoms with van der Waals surface area (Å²) >= 11 is 1.24. The first-order valence-corrected chi connectivity index (χ1v) is 10.9. The number of hydrogen-bond acceptors (Lipinski definition) is 7. The van der Waals surface area contributed by atoms with Crippen LogP contribution in [0.15, 0.2) is 38.7 Å². The van der Waals surface area contributed by atoms with E-state index in [-0.39, 0.29) is 10.6 Å². The summed E-state index contributed by atoms with van der Waals surface area (Å²) in [5, 5.41) is 3.69. The maximum Gasteiger partial charge on any atom is 0.301 e. The highest BCUT2D eigenvalue weighted by atomic mass is 32.2. The van der Waals surface area contributed by atoms with Crippen LogP contribution in [0.3, 0.4) is 0 Å². The lowest BCUT2D eigenvalue weighted by atomic mass is 10.3. The molecule has 0 saturated carbocycles. The highest BCUT2D eigenvalue weighted by molar-refractivity contribution is 7.90. The van der Waals surface area contributed by atoms with E-state index in [0.29, 0.717) is 30.3 Å². The molecule has 0 radical (unpaired) electrons. The van der Waals surface area contributed by atoms with Crippen LogP contribution in [-0.4, -0.2) is 43.5 Å². The van der Waals surface area contributed by atoms with E-state index in [9.17, 15) is 13.2 Å². The van der Waals surface area contributed by atoms with E-state index in [1.807, 2.05) is 11.5 Å². The average molecular weight is 409 g/mol. The zero-order valence-electron chi connectivity index (χ0n) is 15.1. The van der Waals surface area contributed by atoms with Crippen molar-refractivity contribution >= 4 is 37.3 Å². The second kappa shape index (κ2) is 7.75. The van der Waals surface area contributed by atoms with Crippen molar-refractivity contribution < 1.29 is 22.5 Å². The predicted molar refractivity (Wildman–Crippen MR) is 101 cm³/mol. The van der Waals surface area contributed by atoms with Gasteiger partial charge in [0.15, 0.2) is 20.3 Å². The Labute approximate surface area is 160 Å². The van der Waals surface area contributed by atoms with Gasteiger partial charge in [-0.1, -0.05) is 16.5 Å². The van der Waals surface area contributed by atoms with Crippen molar-refractivity contribution in [3.63, 3.8) is 0 Å². The lowest BCUT2D eigenvalue weighted by molar-refractivity contribution is 0.0988. The summed E-state index contributed by atoms with van der Waals surface area (Å²) in [7, 11) is -3.33. The van der Waals surface area contributed by atoms with Crippen LogP contribution in [0.5, 0.6) is 0 Å². The molecule has 2 heterocycles. The molecule has 0 aliphatic carbocycles. The Morgan fingerprint density at radius 1 is 1.37 bits per heavy atom. The monoisotopic (exact) mass is 409 g/mol. The van der Waals surface area contributed by atoms with Gasteiger partial charge in [-0.3, -0.25) is 4.79 Å².